The molecule has 0 aliphatic heterocycles. The van der Waals surface area contributed by atoms with Gasteiger partial charge in [-0.3, -0.25) is 4.79 Å². The lowest BCUT2D eigenvalue weighted by molar-refractivity contribution is -0.119. The monoisotopic (exact) mass is 470 g/mol. The van der Waals surface area contributed by atoms with Crippen LogP contribution < -0.4 is 5.32 Å². The first kappa shape index (κ1) is 24.2. The second-order valence-electron chi connectivity index (χ2n) is 7.41. The Morgan fingerprint density at radius 3 is 2.27 bits per heavy atom. The maximum atomic E-state index is 12.9. The van der Waals surface area contributed by atoms with Crippen LogP contribution in [0.5, 0.6) is 5.75 Å². The summed E-state index contributed by atoms with van der Waals surface area (Å²) >= 11 is 0. The van der Waals surface area contributed by atoms with Crippen LogP contribution in [0.1, 0.15) is 29.8 Å². The lowest BCUT2D eigenvalue weighted by atomic mass is 10.1. The molecule has 33 heavy (non-hydrogen) atoms. The first-order valence-electron chi connectivity index (χ1n) is 10.5. The van der Waals surface area contributed by atoms with Crippen molar-refractivity contribution in [2.45, 2.75) is 25.7 Å². The van der Waals surface area contributed by atoms with Crippen molar-refractivity contribution in [3.63, 3.8) is 0 Å². The van der Waals surface area contributed by atoms with Crippen molar-refractivity contribution in [1.82, 2.24) is 4.31 Å². The Morgan fingerprint density at radius 2 is 1.64 bits per heavy atom. The van der Waals surface area contributed by atoms with Crippen LogP contribution in [0, 0.1) is 6.92 Å². The van der Waals surface area contributed by atoms with E-state index < -0.39 is 28.5 Å². The number of phenolic OH excluding ortho intramolecular Hbond substituents is 1. The minimum absolute atomic E-state index is 0.0514. The molecule has 8 nitrogen and oxygen atoms in total. The number of aromatic hydroxyl groups is 1. The highest BCUT2D eigenvalue weighted by Gasteiger charge is 2.24. The lowest BCUT2D eigenvalue weighted by Gasteiger charge is -2.20. The molecule has 0 saturated carbocycles. The van der Waals surface area contributed by atoms with E-state index in [1.165, 1.54) is 22.5 Å². The summed E-state index contributed by atoms with van der Waals surface area (Å²) in [6.07, 6.45) is 0. The molecule has 0 aliphatic carbocycles. The molecule has 3 aromatic rings. The van der Waals surface area contributed by atoms with Crippen LogP contribution in [0.4, 0.5) is 5.69 Å². The molecule has 0 radical (unpaired) electrons. The molecule has 9 heteroatoms. The van der Waals surface area contributed by atoms with Gasteiger partial charge in [0, 0.05) is 18.8 Å². The van der Waals surface area contributed by atoms with Crippen molar-refractivity contribution >= 4 is 38.4 Å². The number of carbonyl (C=O) groups excluding carboxylic acids is 2. The molecule has 3 aromatic carbocycles. The van der Waals surface area contributed by atoms with Crippen molar-refractivity contribution < 1.29 is 27.9 Å². The maximum absolute atomic E-state index is 12.9. The molecule has 0 heterocycles. The number of aryl methyl sites for hydroxylation is 1. The van der Waals surface area contributed by atoms with E-state index in [0.717, 1.165) is 10.8 Å². The summed E-state index contributed by atoms with van der Waals surface area (Å²) in [4.78, 5) is 24.8. The number of nitrogens with one attached hydrogen (secondary N) is 1. The van der Waals surface area contributed by atoms with Crippen LogP contribution in [0.15, 0.2) is 59.5 Å². The fraction of sp³-hybridized carbons (Fsp3) is 0.250. The molecule has 0 aliphatic rings. The molecule has 0 fully saturated rings. The predicted molar refractivity (Wildman–Crippen MR) is 126 cm³/mol. The predicted octanol–water partition coefficient (Wildman–Crippen LogP) is 3.68. The molecule has 2 N–H and O–H groups in total. The van der Waals surface area contributed by atoms with Crippen LogP contribution in [-0.4, -0.2) is 49.4 Å². The zero-order valence-corrected chi connectivity index (χ0v) is 19.5. The third kappa shape index (κ3) is 5.32. The van der Waals surface area contributed by atoms with E-state index in [4.69, 9.17) is 4.74 Å². The number of phenols is 1. The van der Waals surface area contributed by atoms with Crippen LogP contribution >= 0.6 is 0 Å². The molecule has 174 valence electrons. The van der Waals surface area contributed by atoms with Crippen molar-refractivity contribution in [3.05, 3.63) is 65.7 Å². The minimum atomic E-state index is -3.71. The Balaban J connectivity index is 1.70. The largest absolute Gasteiger partial charge is 0.507 e. The smallest absolute Gasteiger partial charge is 0.342 e. The fourth-order valence-electron chi connectivity index (χ4n) is 3.46. The van der Waals surface area contributed by atoms with Crippen molar-refractivity contribution in [2.24, 2.45) is 0 Å². The number of nitrogens with zero attached hydrogens (tertiary/aromatic N) is 1. The summed E-state index contributed by atoms with van der Waals surface area (Å²) in [5, 5.41) is 14.2. The number of benzene rings is 3. The van der Waals surface area contributed by atoms with Crippen LogP contribution in [0.25, 0.3) is 10.8 Å². The standard InChI is InChI=1S/C24H26N2O6S/c1-4-26(5-2)33(30,31)22-14-19(11-10-16(22)3)25-23(28)15-32-24(29)20-12-17-8-6-7-9-18(17)13-21(20)27/h6-14,27H,4-5,15H2,1-3H3,(H,25,28). The Labute approximate surface area is 192 Å². The molecule has 0 aromatic heterocycles. The summed E-state index contributed by atoms with van der Waals surface area (Å²) in [6, 6.07) is 14.7. The molecular weight excluding hydrogens is 444 g/mol. The molecule has 0 unspecified atom stereocenters. The molecule has 0 spiro atoms. The SMILES string of the molecule is CCN(CC)S(=O)(=O)c1cc(NC(=O)COC(=O)c2cc3ccccc3cc2O)ccc1C. The zero-order valence-electron chi connectivity index (χ0n) is 18.7. The number of fused-ring (bicyclic) bond motifs is 1. The van der Waals surface area contributed by atoms with Gasteiger partial charge in [0.25, 0.3) is 5.91 Å². The van der Waals surface area contributed by atoms with Gasteiger partial charge in [-0.1, -0.05) is 44.2 Å². The minimum Gasteiger partial charge on any atom is -0.507 e. The Hall–Kier alpha value is -3.43. The van der Waals surface area contributed by atoms with Gasteiger partial charge in [-0.25, -0.2) is 13.2 Å². The van der Waals surface area contributed by atoms with E-state index >= 15 is 0 Å². The first-order valence-corrected chi connectivity index (χ1v) is 11.9. The van der Waals surface area contributed by atoms with Gasteiger partial charge < -0.3 is 15.2 Å². The Bertz CT molecular complexity index is 1300. The fourth-order valence-corrected chi connectivity index (χ4v) is 5.16. The number of hydrogen-bond acceptors (Lipinski definition) is 6. The average molecular weight is 471 g/mol. The molecule has 0 atom stereocenters. The highest BCUT2D eigenvalue weighted by molar-refractivity contribution is 7.89. The third-order valence-corrected chi connectivity index (χ3v) is 7.41. The van der Waals surface area contributed by atoms with E-state index in [-0.39, 0.29) is 21.9 Å². The first-order chi connectivity index (χ1) is 15.7. The summed E-state index contributed by atoms with van der Waals surface area (Å²) in [5.41, 5.74) is 0.767. The van der Waals surface area contributed by atoms with E-state index in [0.29, 0.717) is 18.7 Å². The summed E-state index contributed by atoms with van der Waals surface area (Å²) in [6.45, 7) is 5.24. The van der Waals surface area contributed by atoms with Gasteiger partial charge in [0.15, 0.2) is 6.61 Å². The summed E-state index contributed by atoms with van der Waals surface area (Å²) in [7, 11) is -3.71. The van der Waals surface area contributed by atoms with Crippen LogP contribution in [0.3, 0.4) is 0 Å². The molecule has 0 saturated heterocycles. The highest BCUT2D eigenvalue weighted by Crippen LogP contribution is 2.26. The van der Waals surface area contributed by atoms with E-state index in [1.54, 1.807) is 51.1 Å². The highest BCUT2D eigenvalue weighted by atomic mass is 32.2. The molecule has 0 bridgehead atoms. The third-order valence-electron chi connectivity index (χ3n) is 5.21. The number of anilines is 1. The molecule has 3 rings (SSSR count). The van der Waals surface area contributed by atoms with Crippen molar-refractivity contribution in [3.8, 4) is 5.75 Å². The normalized spacial score (nSPS) is 11.5. The van der Waals surface area contributed by atoms with E-state index in [1.807, 2.05) is 6.07 Å². The average Bonchev–Trinajstić information content (AvgIpc) is 2.78. The van der Waals surface area contributed by atoms with Gasteiger partial charge in [0.05, 0.1) is 4.90 Å². The number of rotatable bonds is 8. The van der Waals surface area contributed by atoms with Gasteiger partial charge >= 0.3 is 5.97 Å². The van der Waals surface area contributed by atoms with Crippen LogP contribution in [-0.2, 0) is 19.6 Å². The van der Waals surface area contributed by atoms with Gasteiger partial charge in [-0.2, -0.15) is 4.31 Å². The summed E-state index contributed by atoms with van der Waals surface area (Å²) in [5.74, 6) is -1.73. The van der Waals surface area contributed by atoms with E-state index in [2.05, 4.69) is 5.32 Å². The second kappa shape index (κ2) is 10.0. The van der Waals surface area contributed by atoms with Gasteiger partial charge in [-0.05, 0) is 47.5 Å². The van der Waals surface area contributed by atoms with Gasteiger partial charge in [0.1, 0.15) is 11.3 Å². The maximum Gasteiger partial charge on any atom is 0.342 e. The van der Waals surface area contributed by atoms with Crippen molar-refractivity contribution in [1.29, 1.82) is 0 Å². The van der Waals surface area contributed by atoms with Crippen molar-refractivity contribution in [2.75, 3.05) is 25.0 Å². The number of carbonyl (C=O) groups is 2. The Kier molecular flexibility index (Phi) is 7.35. The Morgan fingerprint density at radius 1 is 1.00 bits per heavy atom. The van der Waals surface area contributed by atoms with Crippen LogP contribution in [0.2, 0.25) is 0 Å². The molecule has 1 amide bonds. The second-order valence-corrected chi connectivity index (χ2v) is 9.32. The number of hydrogen-bond donors (Lipinski definition) is 2. The summed E-state index contributed by atoms with van der Waals surface area (Å²) < 4.78 is 32.1. The molecular formula is C24H26N2O6S. The number of ether oxygens (including phenoxy) is 1. The number of sulfonamides is 1. The zero-order chi connectivity index (χ0) is 24.2. The number of esters is 1. The number of amides is 1. The van der Waals surface area contributed by atoms with E-state index in [9.17, 15) is 23.1 Å². The topological polar surface area (TPSA) is 113 Å². The lowest BCUT2D eigenvalue weighted by Crippen LogP contribution is -2.31. The van der Waals surface area contributed by atoms with Gasteiger partial charge in [-0.15, -0.1) is 0 Å². The quantitative estimate of drug-likeness (QED) is 0.486. The van der Waals surface area contributed by atoms with Gasteiger partial charge in [0.2, 0.25) is 10.0 Å².